The van der Waals surface area contributed by atoms with Gasteiger partial charge in [-0.2, -0.15) is 0 Å². The lowest BCUT2D eigenvalue weighted by Gasteiger charge is -2.14. The molecular formula is C12H20N2O2S. The molecule has 0 spiro atoms. The second-order valence-electron chi connectivity index (χ2n) is 3.48. The molecule has 1 aromatic rings. The van der Waals surface area contributed by atoms with Crippen LogP contribution in [0, 0.1) is 0 Å². The van der Waals surface area contributed by atoms with Crippen molar-refractivity contribution >= 4 is 11.8 Å². The summed E-state index contributed by atoms with van der Waals surface area (Å²) in [5.41, 5.74) is 1.09. The lowest BCUT2D eigenvalue weighted by Crippen LogP contribution is -2.25. The Kier molecular flexibility index (Phi) is 6.18. The number of rotatable bonds is 7. The van der Waals surface area contributed by atoms with Crippen molar-refractivity contribution in [1.29, 1.82) is 0 Å². The fourth-order valence-electron chi connectivity index (χ4n) is 1.55. The monoisotopic (exact) mass is 256 g/mol. The summed E-state index contributed by atoms with van der Waals surface area (Å²) in [5, 5.41) is 6.30. The molecule has 0 saturated heterocycles. The minimum Gasteiger partial charge on any atom is -0.496 e. The van der Waals surface area contributed by atoms with E-state index in [1.54, 1.807) is 26.0 Å². The van der Waals surface area contributed by atoms with Crippen LogP contribution < -0.4 is 20.1 Å². The number of ether oxygens (including phenoxy) is 2. The Bertz CT molecular complexity index is 359. The van der Waals surface area contributed by atoms with Crippen LogP contribution in [0.2, 0.25) is 0 Å². The van der Waals surface area contributed by atoms with Crippen molar-refractivity contribution in [2.24, 2.45) is 0 Å². The normalized spacial score (nSPS) is 10.4. The number of hydrogen-bond donors (Lipinski definition) is 2. The highest BCUT2D eigenvalue weighted by Crippen LogP contribution is 2.34. The molecule has 0 aliphatic heterocycles. The first kappa shape index (κ1) is 14.2. The van der Waals surface area contributed by atoms with Gasteiger partial charge in [0.2, 0.25) is 0 Å². The molecule has 0 aliphatic rings. The zero-order valence-corrected chi connectivity index (χ0v) is 11.6. The molecule has 0 fully saturated rings. The first-order chi connectivity index (χ1) is 8.26. The van der Waals surface area contributed by atoms with Crippen LogP contribution in [0.5, 0.6) is 11.5 Å². The fraction of sp³-hybridized carbons (Fsp3) is 0.500. The molecule has 1 rings (SSSR count). The van der Waals surface area contributed by atoms with E-state index in [2.05, 4.69) is 10.6 Å². The van der Waals surface area contributed by atoms with E-state index in [0.717, 1.165) is 35.2 Å². The van der Waals surface area contributed by atoms with E-state index in [0.29, 0.717) is 0 Å². The predicted molar refractivity (Wildman–Crippen MR) is 72.1 cm³/mol. The molecule has 1 aromatic carbocycles. The van der Waals surface area contributed by atoms with E-state index in [4.69, 9.17) is 9.47 Å². The zero-order chi connectivity index (χ0) is 12.7. The van der Waals surface area contributed by atoms with Crippen LogP contribution in [0.1, 0.15) is 5.56 Å². The molecule has 5 heteroatoms. The third-order valence-corrected chi connectivity index (χ3v) is 3.16. The summed E-state index contributed by atoms with van der Waals surface area (Å²) in [6, 6.07) is 4.03. The maximum absolute atomic E-state index is 5.39. The van der Waals surface area contributed by atoms with Gasteiger partial charge in [0.05, 0.1) is 19.1 Å². The zero-order valence-electron chi connectivity index (χ0n) is 10.8. The molecule has 0 aliphatic carbocycles. The van der Waals surface area contributed by atoms with Gasteiger partial charge in [0, 0.05) is 18.8 Å². The second-order valence-corrected chi connectivity index (χ2v) is 4.32. The Balaban J connectivity index is 2.93. The number of thioether (sulfide) groups is 1. The van der Waals surface area contributed by atoms with Gasteiger partial charge in [-0.25, -0.2) is 0 Å². The van der Waals surface area contributed by atoms with Gasteiger partial charge in [-0.05, 0) is 25.4 Å². The Morgan fingerprint density at radius 3 is 2.41 bits per heavy atom. The highest BCUT2D eigenvalue weighted by Gasteiger charge is 2.10. The Hall–Kier alpha value is -0.910. The van der Waals surface area contributed by atoms with E-state index in [9.17, 15) is 0 Å². The van der Waals surface area contributed by atoms with Crippen molar-refractivity contribution in [2.45, 2.75) is 11.4 Å². The van der Waals surface area contributed by atoms with Crippen molar-refractivity contribution in [1.82, 2.24) is 10.6 Å². The van der Waals surface area contributed by atoms with Gasteiger partial charge in [-0.3, -0.25) is 0 Å². The maximum Gasteiger partial charge on any atom is 0.132 e. The van der Waals surface area contributed by atoms with Crippen LogP contribution in [0.25, 0.3) is 0 Å². The van der Waals surface area contributed by atoms with E-state index < -0.39 is 0 Å². The smallest absolute Gasteiger partial charge is 0.132 e. The average molecular weight is 256 g/mol. The van der Waals surface area contributed by atoms with E-state index in [1.807, 2.05) is 25.4 Å². The van der Waals surface area contributed by atoms with Gasteiger partial charge >= 0.3 is 0 Å². The van der Waals surface area contributed by atoms with Crippen LogP contribution in [-0.2, 0) is 6.54 Å². The third kappa shape index (κ3) is 3.80. The van der Waals surface area contributed by atoms with E-state index in [1.165, 1.54) is 0 Å². The summed E-state index contributed by atoms with van der Waals surface area (Å²) in [6.07, 6.45) is 2.02. The molecule has 2 N–H and O–H groups in total. The Labute approximate surface area is 107 Å². The van der Waals surface area contributed by atoms with Gasteiger partial charge in [0.15, 0.2) is 0 Å². The van der Waals surface area contributed by atoms with Crippen molar-refractivity contribution in [2.75, 3.05) is 34.2 Å². The van der Waals surface area contributed by atoms with E-state index in [-0.39, 0.29) is 0 Å². The molecule has 0 heterocycles. The minimum absolute atomic E-state index is 0.745. The number of benzene rings is 1. The molecule has 0 unspecified atom stereocenters. The predicted octanol–water partition coefficient (Wildman–Crippen LogP) is 1.69. The summed E-state index contributed by atoms with van der Waals surface area (Å²) in [7, 11) is 5.28. The van der Waals surface area contributed by atoms with Crippen LogP contribution >= 0.6 is 11.8 Å². The first-order valence-corrected chi connectivity index (χ1v) is 6.63. The molecule has 4 nitrogen and oxygen atoms in total. The molecule has 0 bridgehead atoms. The number of methoxy groups -OCH3 is 2. The van der Waals surface area contributed by atoms with Crippen molar-refractivity contribution < 1.29 is 9.47 Å². The average Bonchev–Trinajstić information content (AvgIpc) is 2.38. The summed E-state index contributed by atoms with van der Waals surface area (Å²) in [5.74, 6) is 1.78. The second kappa shape index (κ2) is 7.42. The molecule has 96 valence electrons. The van der Waals surface area contributed by atoms with Gasteiger partial charge in [-0.15, -0.1) is 11.8 Å². The van der Waals surface area contributed by atoms with Crippen molar-refractivity contribution in [3.63, 3.8) is 0 Å². The standard InChI is InChI=1S/C12H20N2O2S/c1-13-8-14-7-9-5-11(16-3)12(17-4)6-10(9)15-2/h5-6,13-14H,7-8H2,1-4H3. The van der Waals surface area contributed by atoms with Crippen molar-refractivity contribution in [3.05, 3.63) is 17.7 Å². The van der Waals surface area contributed by atoms with Gasteiger partial charge in [-0.1, -0.05) is 0 Å². The first-order valence-electron chi connectivity index (χ1n) is 5.41. The lowest BCUT2D eigenvalue weighted by atomic mass is 10.2. The van der Waals surface area contributed by atoms with Gasteiger partial charge in [0.25, 0.3) is 0 Å². The molecule has 0 atom stereocenters. The minimum atomic E-state index is 0.745. The summed E-state index contributed by atoms with van der Waals surface area (Å²) in [4.78, 5) is 1.08. The largest absolute Gasteiger partial charge is 0.496 e. The molecule has 0 saturated carbocycles. The van der Waals surface area contributed by atoms with E-state index >= 15 is 0 Å². The van der Waals surface area contributed by atoms with Gasteiger partial charge < -0.3 is 20.1 Å². The summed E-state index contributed by atoms with van der Waals surface area (Å²) >= 11 is 1.65. The number of hydrogen-bond acceptors (Lipinski definition) is 5. The highest BCUT2D eigenvalue weighted by atomic mass is 32.2. The molecular weight excluding hydrogens is 236 g/mol. The van der Waals surface area contributed by atoms with Crippen molar-refractivity contribution in [3.8, 4) is 11.5 Å². The third-order valence-electron chi connectivity index (χ3n) is 2.40. The molecule has 0 radical (unpaired) electrons. The quantitative estimate of drug-likeness (QED) is 0.441. The summed E-state index contributed by atoms with van der Waals surface area (Å²) in [6.45, 7) is 1.50. The molecule has 17 heavy (non-hydrogen) atoms. The van der Waals surface area contributed by atoms with Crippen LogP contribution in [0.15, 0.2) is 17.0 Å². The van der Waals surface area contributed by atoms with Crippen LogP contribution in [0.4, 0.5) is 0 Å². The topological polar surface area (TPSA) is 42.5 Å². The van der Waals surface area contributed by atoms with Crippen LogP contribution in [-0.4, -0.2) is 34.2 Å². The molecule has 0 aromatic heterocycles. The molecule has 0 amide bonds. The summed E-state index contributed by atoms with van der Waals surface area (Å²) < 4.78 is 10.8. The van der Waals surface area contributed by atoms with Gasteiger partial charge in [0.1, 0.15) is 11.5 Å². The van der Waals surface area contributed by atoms with Crippen LogP contribution in [0.3, 0.4) is 0 Å². The number of nitrogens with one attached hydrogen (secondary N) is 2. The SMILES string of the molecule is CNCNCc1cc(OC)c(SC)cc1OC. The highest BCUT2D eigenvalue weighted by molar-refractivity contribution is 7.98. The lowest BCUT2D eigenvalue weighted by molar-refractivity contribution is 0.389. The Morgan fingerprint density at radius 1 is 1.18 bits per heavy atom. The fourth-order valence-corrected chi connectivity index (χ4v) is 2.12. The maximum atomic E-state index is 5.39. The Morgan fingerprint density at radius 2 is 1.88 bits per heavy atom.